The molecule has 2 aliphatic heterocycles. The molecule has 1 aromatic rings. The number of carbonyl (C=O) groups excluding carboxylic acids is 2. The van der Waals surface area contributed by atoms with Crippen LogP contribution in [0.5, 0.6) is 0 Å². The number of carboxylic acids is 1. The van der Waals surface area contributed by atoms with Gasteiger partial charge in [-0.25, -0.2) is 4.79 Å². The standard InChI is InChI=1S/C19H25NO6S/c1-4-8-25-19(24)13-10(5-2)9(3)27-17(13)20-16(21)14-11-6-7-12(26-11)15(14)18(22)23/h11-12,14-15H,4-8H2,1-3H3,(H,20,21)(H,22,23)/t11-,12-,14+,15-/m0/s1. The van der Waals surface area contributed by atoms with E-state index in [-0.39, 0.29) is 6.10 Å². The molecule has 27 heavy (non-hydrogen) atoms. The molecule has 2 N–H and O–H groups in total. The largest absolute Gasteiger partial charge is 0.481 e. The van der Waals surface area contributed by atoms with Crippen LogP contribution in [-0.2, 0) is 25.5 Å². The molecular formula is C19H25NO6S. The molecule has 2 aliphatic rings. The zero-order valence-corrected chi connectivity index (χ0v) is 16.6. The van der Waals surface area contributed by atoms with Crippen molar-refractivity contribution in [2.24, 2.45) is 11.8 Å². The van der Waals surface area contributed by atoms with Crippen LogP contribution in [0.25, 0.3) is 0 Å². The Morgan fingerprint density at radius 1 is 1.22 bits per heavy atom. The minimum atomic E-state index is -1.01. The van der Waals surface area contributed by atoms with Gasteiger partial charge >= 0.3 is 11.9 Å². The zero-order chi connectivity index (χ0) is 19.7. The van der Waals surface area contributed by atoms with Crippen molar-refractivity contribution in [2.75, 3.05) is 11.9 Å². The summed E-state index contributed by atoms with van der Waals surface area (Å²) >= 11 is 1.32. The van der Waals surface area contributed by atoms with E-state index < -0.39 is 35.8 Å². The Morgan fingerprint density at radius 3 is 2.48 bits per heavy atom. The van der Waals surface area contributed by atoms with Crippen molar-refractivity contribution in [2.45, 2.75) is 58.7 Å². The lowest BCUT2D eigenvalue weighted by atomic mass is 9.79. The first-order valence-corrected chi connectivity index (χ1v) is 10.2. The van der Waals surface area contributed by atoms with Crippen molar-refractivity contribution in [1.29, 1.82) is 0 Å². The molecule has 0 aliphatic carbocycles. The number of aliphatic carboxylic acids is 1. The maximum atomic E-state index is 12.9. The van der Waals surface area contributed by atoms with E-state index in [2.05, 4.69) is 5.32 Å². The van der Waals surface area contributed by atoms with Gasteiger partial charge in [0.05, 0.1) is 36.2 Å². The Labute approximate surface area is 162 Å². The highest BCUT2D eigenvalue weighted by Crippen LogP contribution is 2.44. The Bertz CT molecular complexity index is 758. The lowest BCUT2D eigenvalue weighted by Gasteiger charge is -2.23. The third-order valence-corrected chi connectivity index (χ3v) is 6.36. The van der Waals surface area contributed by atoms with Crippen LogP contribution >= 0.6 is 11.3 Å². The third kappa shape index (κ3) is 3.60. The Hall–Kier alpha value is -1.93. The van der Waals surface area contributed by atoms with Crippen molar-refractivity contribution in [3.8, 4) is 0 Å². The van der Waals surface area contributed by atoms with Gasteiger partial charge in [-0.15, -0.1) is 11.3 Å². The van der Waals surface area contributed by atoms with E-state index in [9.17, 15) is 19.5 Å². The van der Waals surface area contributed by atoms with E-state index >= 15 is 0 Å². The number of fused-ring (bicyclic) bond motifs is 2. The second kappa shape index (κ2) is 7.98. The summed E-state index contributed by atoms with van der Waals surface area (Å²) in [4.78, 5) is 38.0. The van der Waals surface area contributed by atoms with Gasteiger partial charge in [-0.3, -0.25) is 9.59 Å². The Kier molecular flexibility index (Phi) is 5.86. The van der Waals surface area contributed by atoms with Gasteiger partial charge in [0.1, 0.15) is 5.00 Å². The molecule has 2 fully saturated rings. The highest BCUT2D eigenvalue weighted by Gasteiger charge is 2.55. The molecule has 148 valence electrons. The summed E-state index contributed by atoms with van der Waals surface area (Å²) in [5, 5.41) is 12.8. The summed E-state index contributed by atoms with van der Waals surface area (Å²) < 4.78 is 11.0. The molecule has 1 aromatic heterocycles. The minimum Gasteiger partial charge on any atom is -0.481 e. The molecule has 0 radical (unpaired) electrons. The van der Waals surface area contributed by atoms with E-state index in [1.165, 1.54) is 11.3 Å². The van der Waals surface area contributed by atoms with E-state index in [1.807, 2.05) is 20.8 Å². The quantitative estimate of drug-likeness (QED) is 0.688. The summed E-state index contributed by atoms with van der Waals surface area (Å²) in [7, 11) is 0. The van der Waals surface area contributed by atoms with E-state index in [0.29, 0.717) is 42.9 Å². The Balaban J connectivity index is 1.85. The second-order valence-electron chi connectivity index (χ2n) is 7.00. The summed E-state index contributed by atoms with van der Waals surface area (Å²) in [5.74, 6) is -3.45. The number of esters is 1. The molecule has 3 heterocycles. The fraction of sp³-hybridized carbons (Fsp3) is 0.632. The predicted octanol–water partition coefficient (Wildman–Crippen LogP) is 3.00. The molecule has 2 bridgehead atoms. The number of hydrogen-bond donors (Lipinski definition) is 2. The number of aryl methyl sites for hydroxylation is 1. The van der Waals surface area contributed by atoms with E-state index in [1.54, 1.807) is 0 Å². The van der Waals surface area contributed by atoms with Gasteiger partial charge in [-0.05, 0) is 38.2 Å². The van der Waals surface area contributed by atoms with Crippen molar-refractivity contribution in [3.63, 3.8) is 0 Å². The monoisotopic (exact) mass is 395 g/mol. The van der Waals surface area contributed by atoms with Crippen molar-refractivity contribution < 1.29 is 29.0 Å². The molecule has 7 nitrogen and oxygen atoms in total. The highest BCUT2D eigenvalue weighted by molar-refractivity contribution is 7.16. The molecule has 1 amide bonds. The maximum absolute atomic E-state index is 12.9. The topological polar surface area (TPSA) is 102 Å². The summed E-state index contributed by atoms with van der Waals surface area (Å²) in [5.41, 5.74) is 1.24. The van der Waals surface area contributed by atoms with Crippen LogP contribution < -0.4 is 5.32 Å². The predicted molar refractivity (Wildman–Crippen MR) is 100 cm³/mol. The van der Waals surface area contributed by atoms with Crippen LogP contribution in [0.4, 0.5) is 5.00 Å². The van der Waals surface area contributed by atoms with Gasteiger partial charge in [-0.1, -0.05) is 13.8 Å². The first-order chi connectivity index (χ1) is 12.9. The first kappa shape index (κ1) is 19.8. The van der Waals surface area contributed by atoms with Crippen LogP contribution in [0, 0.1) is 18.8 Å². The number of ether oxygens (including phenoxy) is 2. The van der Waals surface area contributed by atoms with Gasteiger partial charge in [0.2, 0.25) is 5.91 Å². The lowest BCUT2D eigenvalue weighted by molar-refractivity contribution is -0.147. The number of hydrogen-bond acceptors (Lipinski definition) is 6. The Morgan fingerprint density at radius 2 is 1.89 bits per heavy atom. The van der Waals surface area contributed by atoms with Gasteiger partial charge in [0.25, 0.3) is 0 Å². The summed E-state index contributed by atoms with van der Waals surface area (Å²) in [6.45, 7) is 6.07. The van der Waals surface area contributed by atoms with Gasteiger partial charge in [0.15, 0.2) is 0 Å². The number of carbonyl (C=O) groups is 3. The van der Waals surface area contributed by atoms with Crippen molar-refractivity contribution in [3.05, 3.63) is 16.0 Å². The van der Waals surface area contributed by atoms with Crippen LogP contribution in [0.3, 0.4) is 0 Å². The molecule has 3 rings (SSSR count). The molecule has 0 spiro atoms. The van der Waals surface area contributed by atoms with Gasteiger partial charge < -0.3 is 19.9 Å². The van der Waals surface area contributed by atoms with Gasteiger partial charge in [-0.2, -0.15) is 0 Å². The van der Waals surface area contributed by atoms with Crippen LogP contribution in [0.1, 0.15) is 53.9 Å². The van der Waals surface area contributed by atoms with Crippen molar-refractivity contribution >= 4 is 34.2 Å². The number of anilines is 1. The molecular weight excluding hydrogens is 370 g/mol. The number of nitrogens with one attached hydrogen (secondary N) is 1. The molecule has 2 saturated heterocycles. The molecule has 0 saturated carbocycles. The normalized spacial score (nSPS) is 26.2. The zero-order valence-electron chi connectivity index (χ0n) is 15.7. The first-order valence-electron chi connectivity index (χ1n) is 9.37. The smallest absolute Gasteiger partial charge is 0.341 e. The van der Waals surface area contributed by atoms with Gasteiger partial charge in [0, 0.05) is 4.88 Å². The number of carboxylic acid groups (broad SMARTS) is 1. The van der Waals surface area contributed by atoms with E-state index in [4.69, 9.17) is 9.47 Å². The molecule has 0 unspecified atom stereocenters. The van der Waals surface area contributed by atoms with E-state index in [0.717, 1.165) is 10.4 Å². The SMILES string of the molecule is CCCOC(=O)c1c(NC(=O)[C@H]2[C@@H](C(=O)O)[C@@H]3CC[C@@H]2O3)sc(C)c1CC. The van der Waals surface area contributed by atoms with Crippen LogP contribution in [0.15, 0.2) is 0 Å². The average molecular weight is 395 g/mol. The number of amides is 1. The minimum absolute atomic E-state index is 0.311. The highest BCUT2D eigenvalue weighted by atomic mass is 32.1. The molecule has 0 aromatic carbocycles. The average Bonchev–Trinajstić information content (AvgIpc) is 3.31. The van der Waals surface area contributed by atoms with Crippen LogP contribution in [-0.4, -0.2) is 41.8 Å². The fourth-order valence-electron chi connectivity index (χ4n) is 4.10. The second-order valence-corrected chi connectivity index (χ2v) is 8.22. The maximum Gasteiger partial charge on any atom is 0.341 e. The summed E-state index contributed by atoms with van der Waals surface area (Å²) in [6.07, 6.45) is 1.91. The van der Waals surface area contributed by atoms with Crippen LogP contribution in [0.2, 0.25) is 0 Å². The van der Waals surface area contributed by atoms with Crippen molar-refractivity contribution in [1.82, 2.24) is 0 Å². The number of rotatable bonds is 7. The molecule has 4 atom stereocenters. The lowest BCUT2D eigenvalue weighted by Crippen LogP contribution is -2.41. The summed E-state index contributed by atoms with van der Waals surface area (Å²) in [6, 6.07) is 0. The third-order valence-electron chi connectivity index (χ3n) is 5.30. The molecule has 8 heteroatoms. The fourth-order valence-corrected chi connectivity index (χ4v) is 5.23. The number of thiophene rings is 1.